The monoisotopic (exact) mass is 600 g/mol. The number of allylic oxidation sites excluding steroid dienone is 3. The first-order valence-corrected chi connectivity index (χ1v) is 13.2. The van der Waals surface area contributed by atoms with Crippen molar-refractivity contribution in [3.63, 3.8) is 0 Å². The highest BCUT2D eigenvalue weighted by Gasteiger charge is 2.23. The summed E-state index contributed by atoms with van der Waals surface area (Å²) in [6.07, 6.45) is 9.23. The third kappa shape index (κ3) is 5.99. The number of aryl methyl sites for hydroxylation is 1. The summed E-state index contributed by atoms with van der Waals surface area (Å²) in [6, 6.07) is 7.72. The van der Waals surface area contributed by atoms with Crippen molar-refractivity contribution in [1.82, 2.24) is 29.2 Å². The number of carbonyl (C=O) groups excluding carboxylic acids is 1. The molecule has 44 heavy (non-hydrogen) atoms. The van der Waals surface area contributed by atoms with E-state index in [1.807, 2.05) is 7.05 Å². The maximum atomic E-state index is 15.2. The van der Waals surface area contributed by atoms with E-state index in [0.717, 1.165) is 33.7 Å². The Bertz CT molecular complexity index is 1990. The minimum absolute atomic E-state index is 0.0169. The number of hydrogen-bond acceptors (Lipinski definition) is 8. The average Bonchev–Trinajstić information content (AvgIpc) is 3.42. The van der Waals surface area contributed by atoms with E-state index in [1.54, 1.807) is 43.2 Å². The van der Waals surface area contributed by atoms with Crippen LogP contribution in [0.3, 0.4) is 0 Å². The second-order valence-electron chi connectivity index (χ2n) is 9.91. The Morgan fingerprint density at radius 1 is 1.14 bits per heavy atom. The zero-order valence-corrected chi connectivity index (χ0v) is 23.7. The number of amides is 1. The normalized spacial score (nSPS) is 13.7. The van der Waals surface area contributed by atoms with Crippen LogP contribution in [0.1, 0.15) is 36.1 Å². The fourth-order valence-corrected chi connectivity index (χ4v) is 4.25. The Labute approximate surface area is 248 Å². The minimum Gasteiger partial charge on any atom is -0.452 e. The summed E-state index contributed by atoms with van der Waals surface area (Å²) in [4.78, 5) is 43.7. The number of ether oxygens (including phenoxy) is 1. The number of carbonyl (C=O) groups is 1. The van der Waals surface area contributed by atoms with Crippen molar-refractivity contribution < 1.29 is 18.3 Å². The first kappa shape index (κ1) is 29.6. The number of nitrogens with zero attached hydrogens (tertiary/aromatic N) is 5. The summed E-state index contributed by atoms with van der Waals surface area (Å²) in [7, 11) is 1.82. The Morgan fingerprint density at radius 3 is 2.52 bits per heavy atom. The number of benzene rings is 2. The highest BCUT2D eigenvalue weighted by atomic mass is 19.1. The van der Waals surface area contributed by atoms with Crippen LogP contribution >= 0.6 is 0 Å². The quantitative estimate of drug-likeness (QED) is 0.261. The number of aromatic nitrogens is 5. The van der Waals surface area contributed by atoms with Crippen LogP contribution in [0.15, 0.2) is 94.4 Å². The first-order chi connectivity index (χ1) is 21.0. The number of dihydropyridines is 1. The average molecular weight is 601 g/mol. The molecule has 1 amide bonds. The van der Waals surface area contributed by atoms with Crippen LogP contribution in [-0.4, -0.2) is 36.0 Å². The molecule has 0 atom stereocenters. The van der Waals surface area contributed by atoms with E-state index in [-0.39, 0.29) is 22.9 Å². The Hall–Kier alpha value is -5.92. The smallest absolute Gasteiger partial charge is 0.352 e. The van der Waals surface area contributed by atoms with E-state index >= 15 is 4.39 Å². The number of rotatable bonds is 8. The van der Waals surface area contributed by atoms with Crippen LogP contribution in [0.25, 0.3) is 11.3 Å². The maximum absolute atomic E-state index is 15.2. The van der Waals surface area contributed by atoms with Gasteiger partial charge in [-0.2, -0.15) is 5.10 Å². The van der Waals surface area contributed by atoms with Crippen molar-refractivity contribution in [1.29, 1.82) is 5.41 Å². The summed E-state index contributed by atoms with van der Waals surface area (Å²) in [6.45, 7) is 3.28. The number of halogens is 2. The number of anilines is 1. The van der Waals surface area contributed by atoms with E-state index in [4.69, 9.17) is 10.1 Å². The zero-order valence-electron chi connectivity index (χ0n) is 23.7. The van der Waals surface area contributed by atoms with Gasteiger partial charge >= 0.3 is 5.69 Å². The third-order valence-electron chi connectivity index (χ3n) is 6.39. The van der Waals surface area contributed by atoms with E-state index in [9.17, 15) is 18.8 Å². The fourth-order valence-electron chi connectivity index (χ4n) is 4.25. The van der Waals surface area contributed by atoms with Gasteiger partial charge in [0.2, 0.25) is 5.69 Å². The van der Waals surface area contributed by atoms with Gasteiger partial charge in [-0.15, -0.1) is 0 Å². The van der Waals surface area contributed by atoms with Crippen molar-refractivity contribution in [2.45, 2.75) is 19.9 Å². The molecular weight excluding hydrogens is 574 g/mol. The SMILES string of the molecule is CC(C)n1nc(C(=O)Nc2ccc(OC3=CC(c4cn(C)cn4)=CN/C3=C\C=N)c(F)c2)c(=O)n(-c2ccc(F)cc2)c1=O. The molecule has 0 saturated carbocycles. The Kier molecular flexibility index (Phi) is 8.15. The highest BCUT2D eigenvalue weighted by molar-refractivity contribution is 6.02. The van der Waals surface area contributed by atoms with Crippen LogP contribution in [0, 0.1) is 17.0 Å². The molecule has 2 aromatic heterocycles. The molecule has 5 rings (SSSR count). The summed E-state index contributed by atoms with van der Waals surface area (Å²) >= 11 is 0. The molecule has 0 unspecified atom stereocenters. The predicted octanol–water partition coefficient (Wildman–Crippen LogP) is 3.68. The molecule has 224 valence electrons. The van der Waals surface area contributed by atoms with Gasteiger partial charge in [-0.1, -0.05) is 0 Å². The number of hydrogen-bond donors (Lipinski definition) is 3. The molecular formula is C30H26F2N8O4. The maximum Gasteiger partial charge on any atom is 0.352 e. The molecule has 1 aliphatic rings. The van der Waals surface area contributed by atoms with Crippen molar-refractivity contribution in [3.8, 4) is 11.4 Å². The molecule has 12 nitrogen and oxygen atoms in total. The van der Waals surface area contributed by atoms with Gasteiger partial charge < -0.3 is 25.3 Å². The molecule has 0 bridgehead atoms. The third-order valence-corrected chi connectivity index (χ3v) is 6.39. The molecule has 1 aliphatic heterocycles. The van der Waals surface area contributed by atoms with Crippen molar-refractivity contribution in [3.05, 3.63) is 129 Å². The van der Waals surface area contributed by atoms with E-state index in [1.165, 1.54) is 30.3 Å². The van der Waals surface area contributed by atoms with Crippen molar-refractivity contribution in [2.24, 2.45) is 7.05 Å². The van der Waals surface area contributed by atoms with Crippen LogP contribution < -0.4 is 26.6 Å². The molecule has 14 heteroatoms. The van der Waals surface area contributed by atoms with Gasteiger partial charge in [0, 0.05) is 43.0 Å². The van der Waals surface area contributed by atoms with Gasteiger partial charge in [0.05, 0.1) is 29.4 Å². The van der Waals surface area contributed by atoms with Gasteiger partial charge in [-0.25, -0.2) is 27.8 Å². The van der Waals surface area contributed by atoms with Crippen molar-refractivity contribution in [2.75, 3.05) is 5.32 Å². The Morgan fingerprint density at radius 2 is 1.89 bits per heavy atom. The van der Waals surface area contributed by atoms with E-state index in [0.29, 0.717) is 17.0 Å². The number of imidazole rings is 1. The molecule has 0 saturated heterocycles. The fraction of sp³-hybridized carbons (Fsp3) is 0.133. The molecule has 4 aromatic rings. The van der Waals surface area contributed by atoms with Crippen LogP contribution in [0.2, 0.25) is 0 Å². The summed E-state index contributed by atoms with van der Waals surface area (Å²) in [5, 5.41) is 16.8. The standard InChI is InChI=1S/C30H26F2N8O4/c1-17(2)40-30(43)39(21-7-4-19(31)5-8-21)29(42)27(37-40)28(41)36-20-6-9-25(22(32)13-20)44-26-12-18(14-34-23(26)10-11-33)24-15-38(3)16-35-24/h4-17,33-34H,1-3H3,(H,36,41)/b23-10-,33-11?. The highest BCUT2D eigenvalue weighted by Crippen LogP contribution is 2.28. The molecule has 0 radical (unpaired) electrons. The second kappa shape index (κ2) is 12.1. The summed E-state index contributed by atoms with van der Waals surface area (Å²) in [5.41, 5.74) is -0.740. The zero-order chi connectivity index (χ0) is 31.5. The molecule has 0 spiro atoms. The lowest BCUT2D eigenvalue weighted by molar-refractivity contribution is 0.101. The lowest BCUT2D eigenvalue weighted by Crippen LogP contribution is -2.45. The predicted molar refractivity (Wildman–Crippen MR) is 159 cm³/mol. The lowest BCUT2D eigenvalue weighted by Gasteiger charge is -2.19. The molecule has 3 N–H and O–H groups in total. The molecule has 0 aliphatic carbocycles. The van der Waals surface area contributed by atoms with Crippen LogP contribution in [-0.2, 0) is 7.05 Å². The van der Waals surface area contributed by atoms with Gasteiger partial charge in [0.15, 0.2) is 17.3 Å². The molecule has 2 aromatic carbocycles. The summed E-state index contributed by atoms with van der Waals surface area (Å²) in [5.74, 6) is -2.37. The minimum atomic E-state index is -1.03. The van der Waals surface area contributed by atoms with Gasteiger partial charge in [-0.3, -0.25) is 9.59 Å². The van der Waals surface area contributed by atoms with E-state index < -0.39 is 40.5 Å². The first-order valence-electron chi connectivity index (χ1n) is 13.2. The number of nitrogens with one attached hydrogen (secondary N) is 3. The molecule has 0 fully saturated rings. The lowest BCUT2D eigenvalue weighted by atomic mass is 10.1. The molecule has 3 heterocycles. The second-order valence-corrected chi connectivity index (χ2v) is 9.91. The van der Waals surface area contributed by atoms with Gasteiger partial charge in [-0.05, 0) is 62.4 Å². The van der Waals surface area contributed by atoms with Crippen LogP contribution in [0.4, 0.5) is 14.5 Å². The summed E-state index contributed by atoms with van der Waals surface area (Å²) < 4.78 is 38.0. The largest absolute Gasteiger partial charge is 0.452 e. The van der Waals surface area contributed by atoms with E-state index in [2.05, 4.69) is 20.7 Å². The topological polar surface area (TPSA) is 149 Å². The van der Waals surface area contributed by atoms with Crippen LogP contribution in [0.5, 0.6) is 5.75 Å². The Balaban J connectivity index is 1.43. The van der Waals surface area contributed by atoms with Gasteiger partial charge in [0.25, 0.3) is 11.5 Å². The van der Waals surface area contributed by atoms with Crippen molar-refractivity contribution >= 4 is 23.4 Å². The van der Waals surface area contributed by atoms with Gasteiger partial charge in [0.1, 0.15) is 5.82 Å².